The zero-order valence-electron chi connectivity index (χ0n) is 11.2. The first kappa shape index (κ1) is 14.4. The second kappa shape index (κ2) is 6.47. The summed E-state index contributed by atoms with van der Waals surface area (Å²) in [6.07, 6.45) is 4.55. The summed E-state index contributed by atoms with van der Waals surface area (Å²) < 4.78 is 1.14. The van der Waals surface area contributed by atoms with Crippen LogP contribution in [0.1, 0.15) is 15.9 Å². The summed E-state index contributed by atoms with van der Waals surface area (Å²) in [6.45, 7) is 0.136. The molecule has 0 fully saturated rings. The van der Waals surface area contributed by atoms with Crippen molar-refractivity contribution in [3.8, 4) is 0 Å². The van der Waals surface area contributed by atoms with Crippen LogP contribution in [0.3, 0.4) is 0 Å². The van der Waals surface area contributed by atoms with Crippen molar-refractivity contribution in [3.63, 3.8) is 0 Å². The standard InChI is InChI=1S/C14H14N4O3/c15-14(21)11-3-4-13(20)18(8-11)9-12(19)17-7-10-2-1-5-16-6-10/h1-6,8H,7,9H2,(H2,15,21)(H,17,19). The van der Waals surface area contributed by atoms with Crippen molar-refractivity contribution in [2.75, 3.05) is 0 Å². The molecule has 0 bridgehead atoms. The van der Waals surface area contributed by atoms with Gasteiger partial charge in [0.05, 0.1) is 5.56 Å². The first-order valence-electron chi connectivity index (χ1n) is 6.22. The van der Waals surface area contributed by atoms with Crippen LogP contribution in [0.2, 0.25) is 0 Å². The van der Waals surface area contributed by atoms with E-state index in [-0.39, 0.29) is 23.6 Å². The van der Waals surface area contributed by atoms with Gasteiger partial charge < -0.3 is 15.6 Å². The van der Waals surface area contributed by atoms with Gasteiger partial charge in [0, 0.05) is 31.2 Å². The summed E-state index contributed by atoms with van der Waals surface area (Å²) in [5, 5.41) is 2.67. The Kier molecular flexibility index (Phi) is 4.45. The number of carbonyl (C=O) groups excluding carboxylic acids is 2. The van der Waals surface area contributed by atoms with Gasteiger partial charge >= 0.3 is 0 Å². The van der Waals surface area contributed by atoms with Crippen LogP contribution in [0.25, 0.3) is 0 Å². The molecule has 2 aromatic heterocycles. The van der Waals surface area contributed by atoms with E-state index in [0.717, 1.165) is 10.1 Å². The molecular formula is C14H14N4O3. The molecule has 2 rings (SSSR count). The highest BCUT2D eigenvalue weighted by molar-refractivity contribution is 5.92. The lowest BCUT2D eigenvalue weighted by Crippen LogP contribution is -2.32. The second-order valence-electron chi connectivity index (χ2n) is 4.39. The first-order valence-corrected chi connectivity index (χ1v) is 6.22. The predicted octanol–water partition coefficient (Wildman–Crippen LogP) is -0.341. The molecule has 3 N–H and O–H groups in total. The Hall–Kier alpha value is -2.96. The van der Waals surface area contributed by atoms with Gasteiger partial charge in [0.25, 0.3) is 5.56 Å². The number of hydrogen-bond donors (Lipinski definition) is 2. The van der Waals surface area contributed by atoms with Crippen LogP contribution >= 0.6 is 0 Å². The number of hydrogen-bond acceptors (Lipinski definition) is 4. The third kappa shape index (κ3) is 4.00. The molecule has 2 heterocycles. The van der Waals surface area contributed by atoms with E-state index in [1.54, 1.807) is 18.5 Å². The van der Waals surface area contributed by atoms with E-state index in [1.165, 1.54) is 18.3 Å². The van der Waals surface area contributed by atoms with Gasteiger partial charge in [-0.1, -0.05) is 6.07 Å². The number of nitrogens with zero attached hydrogens (tertiary/aromatic N) is 2. The van der Waals surface area contributed by atoms with Gasteiger partial charge in [-0.3, -0.25) is 19.4 Å². The first-order chi connectivity index (χ1) is 10.1. The highest BCUT2D eigenvalue weighted by Gasteiger charge is 2.07. The van der Waals surface area contributed by atoms with Crippen molar-refractivity contribution in [3.05, 3.63) is 64.3 Å². The molecule has 0 unspecified atom stereocenters. The molecule has 2 amide bonds. The summed E-state index contributed by atoms with van der Waals surface area (Å²) in [7, 11) is 0. The smallest absolute Gasteiger partial charge is 0.251 e. The molecule has 0 atom stereocenters. The number of nitrogens with one attached hydrogen (secondary N) is 1. The lowest BCUT2D eigenvalue weighted by Gasteiger charge is -2.08. The number of nitrogens with two attached hydrogens (primary N) is 1. The van der Waals surface area contributed by atoms with E-state index >= 15 is 0 Å². The van der Waals surface area contributed by atoms with Crippen molar-refractivity contribution in [2.24, 2.45) is 5.73 Å². The summed E-state index contributed by atoms with van der Waals surface area (Å²) >= 11 is 0. The number of carbonyl (C=O) groups is 2. The van der Waals surface area contributed by atoms with E-state index in [1.807, 2.05) is 6.07 Å². The number of pyridine rings is 2. The minimum absolute atomic E-state index is 0.176. The van der Waals surface area contributed by atoms with Gasteiger partial charge in [0.1, 0.15) is 6.54 Å². The molecule has 21 heavy (non-hydrogen) atoms. The summed E-state index contributed by atoms with van der Waals surface area (Å²) in [4.78, 5) is 38.4. The topological polar surface area (TPSA) is 107 Å². The third-order valence-electron chi connectivity index (χ3n) is 2.79. The fourth-order valence-corrected chi connectivity index (χ4v) is 1.71. The fraction of sp³-hybridized carbons (Fsp3) is 0.143. The van der Waals surface area contributed by atoms with Crippen molar-refractivity contribution < 1.29 is 9.59 Å². The van der Waals surface area contributed by atoms with Crippen molar-refractivity contribution >= 4 is 11.8 Å². The van der Waals surface area contributed by atoms with Gasteiger partial charge in [0.2, 0.25) is 11.8 Å². The molecule has 108 valence electrons. The van der Waals surface area contributed by atoms with Crippen LogP contribution in [0.5, 0.6) is 0 Å². The van der Waals surface area contributed by atoms with Gasteiger partial charge in [-0.05, 0) is 17.7 Å². The van der Waals surface area contributed by atoms with E-state index < -0.39 is 5.91 Å². The Morgan fingerprint density at radius 2 is 2.10 bits per heavy atom. The largest absolute Gasteiger partial charge is 0.366 e. The van der Waals surface area contributed by atoms with Gasteiger partial charge in [-0.15, -0.1) is 0 Å². The zero-order valence-corrected chi connectivity index (χ0v) is 11.2. The highest BCUT2D eigenvalue weighted by atomic mass is 16.2. The molecule has 0 spiro atoms. The summed E-state index contributed by atoms with van der Waals surface area (Å²) in [6, 6.07) is 6.12. The second-order valence-corrected chi connectivity index (χ2v) is 4.39. The lowest BCUT2D eigenvalue weighted by molar-refractivity contribution is -0.121. The molecular weight excluding hydrogens is 272 g/mol. The van der Waals surface area contributed by atoms with E-state index in [9.17, 15) is 14.4 Å². The minimum atomic E-state index is -0.653. The zero-order chi connectivity index (χ0) is 15.2. The minimum Gasteiger partial charge on any atom is -0.366 e. The van der Waals surface area contributed by atoms with Crippen LogP contribution in [0.4, 0.5) is 0 Å². The summed E-state index contributed by atoms with van der Waals surface area (Å²) in [5.74, 6) is -0.998. The number of rotatable bonds is 5. The van der Waals surface area contributed by atoms with Crippen LogP contribution in [0, 0.1) is 0 Å². The molecule has 0 aliphatic rings. The van der Waals surface area contributed by atoms with Gasteiger partial charge in [-0.25, -0.2) is 0 Å². The third-order valence-corrected chi connectivity index (χ3v) is 2.79. The van der Waals surface area contributed by atoms with Crippen LogP contribution < -0.4 is 16.6 Å². The Bertz CT molecular complexity index is 710. The average Bonchev–Trinajstić information content (AvgIpc) is 2.48. The molecule has 0 aliphatic heterocycles. The van der Waals surface area contributed by atoms with Crippen molar-refractivity contribution in [1.29, 1.82) is 0 Å². The molecule has 7 nitrogen and oxygen atoms in total. The molecule has 0 radical (unpaired) electrons. The highest BCUT2D eigenvalue weighted by Crippen LogP contribution is 1.96. The number of primary amides is 1. The monoisotopic (exact) mass is 286 g/mol. The van der Waals surface area contributed by atoms with Crippen LogP contribution in [-0.2, 0) is 17.9 Å². The maximum absolute atomic E-state index is 11.8. The van der Waals surface area contributed by atoms with E-state index in [4.69, 9.17) is 5.73 Å². The Balaban J connectivity index is 2.01. The van der Waals surface area contributed by atoms with Crippen LogP contribution in [-0.4, -0.2) is 21.4 Å². The SMILES string of the molecule is NC(=O)c1ccc(=O)n(CC(=O)NCc2cccnc2)c1. The molecule has 0 aromatic carbocycles. The number of aromatic nitrogens is 2. The van der Waals surface area contributed by atoms with E-state index in [2.05, 4.69) is 10.3 Å². The van der Waals surface area contributed by atoms with Crippen molar-refractivity contribution in [1.82, 2.24) is 14.9 Å². The molecule has 2 aromatic rings. The predicted molar refractivity (Wildman–Crippen MR) is 75.3 cm³/mol. The Morgan fingerprint density at radius 1 is 1.29 bits per heavy atom. The Morgan fingerprint density at radius 3 is 2.76 bits per heavy atom. The quantitative estimate of drug-likeness (QED) is 0.784. The van der Waals surface area contributed by atoms with Gasteiger partial charge in [-0.2, -0.15) is 0 Å². The molecule has 0 saturated heterocycles. The van der Waals surface area contributed by atoms with Gasteiger partial charge in [0.15, 0.2) is 0 Å². The fourth-order valence-electron chi connectivity index (χ4n) is 1.71. The number of amides is 2. The molecule has 7 heteroatoms. The molecule has 0 saturated carbocycles. The van der Waals surface area contributed by atoms with Crippen LogP contribution in [0.15, 0.2) is 47.7 Å². The average molecular weight is 286 g/mol. The Labute approximate surface area is 120 Å². The normalized spacial score (nSPS) is 10.1. The summed E-state index contributed by atoms with van der Waals surface area (Å²) in [5.41, 5.74) is 5.78. The maximum atomic E-state index is 11.8. The lowest BCUT2D eigenvalue weighted by atomic mass is 10.2. The van der Waals surface area contributed by atoms with E-state index in [0.29, 0.717) is 6.54 Å². The molecule has 0 aliphatic carbocycles. The van der Waals surface area contributed by atoms with Crippen molar-refractivity contribution in [2.45, 2.75) is 13.1 Å². The maximum Gasteiger partial charge on any atom is 0.251 e.